The highest BCUT2D eigenvalue weighted by atomic mass is 16.5. The monoisotopic (exact) mass is 524 g/mol. The summed E-state index contributed by atoms with van der Waals surface area (Å²) in [6, 6.07) is 21.7. The first kappa shape index (κ1) is 26.6. The molecule has 7 heteroatoms. The molecule has 39 heavy (non-hydrogen) atoms. The lowest BCUT2D eigenvalue weighted by Crippen LogP contribution is -2.37. The van der Waals surface area contributed by atoms with Gasteiger partial charge in [0.05, 0.1) is 18.0 Å². The number of methoxy groups -OCH3 is 1. The molecule has 0 saturated carbocycles. The van der Waals surface area contributed by atoms with Gasteiger partial charge in [-0.2, -0.15) is 0 Å². The minimum atomic E-state index is -0.247. The third kappa shape index (κ3) is 6.20. The van der Waals surface area contributed by atoms with E-state index in [1.807, 2.05) is 56.3 Å². The Morgan fingerprint density at radius 1 is 0.949 bits per heavy atom. The topological polar surface area (TPSA) is 76.5 Å². The van der Waals surface area contributed by atoms with Gasteiger partial charge in [-0.1, -0.05) is 42.8 Å². The summed E-state index contributed by atoms with van der Waals surface area (Å²) in [5, 5.41) is 3.37. The van der Waals surface area contributed by atoms with Crippen LogP contribution in [0.1, 0.15) is 38.7 Å². The molecular weight excluding hydrogens is 488 g/mol. The van der Waals surface area contributed by atoms with Crippen LogP contribution >= 0.6 is 0 Å². The first-order chi connectivity index (χ1) is 18.9. The Hall–Kier alpha value is -3.97. The number of carbonyl (C=O) groups excluding carboxylic acids is 1. The van der Waals surface area contributed by atoms with Gasteiger partial charge in [0, 0.05) is 18.2 Å². The summed E-state index contributed by atoms with van der Waals surface area (Å²) >= 11 is 0. The number of hydrogen-bond donors (Lipinski definition) is 1. The number of piperidine rings is 1. The average Bonchev–Trinajstić information content (AvgIpc) is 2.94. The normalized spacial score (nSPS) is 14.1. The number of nitrogens with zero attached hydrogens (tertiary/aromatic N) is 3. The lowest BCUT2D eigenvalue weighted by Gasteiger charge is -2.26. The van der Waals surface area contributed by atoms with E-state index in [-0.39, 0.29) is 24.1 Å². The van der Waals surface area contributed by atoms with Crippen molar-refractivity contribution >= 4 is 16.8 Å². The van der Waals surface area contributed by atoms with E-state index < -0.39 is 0 Å². The van der Waals surface area contributed by atoms with Gasteiger partial charge in [0.1, 0.15) is 18.1 Å². The summed E-state index contributed by atoms with van der Waals surface area (Å²) in [6.45, 7) is 6.89. The largest absolute Gasteiger partial charge is 0.497 e. The van der Waals surface area contributed by atoms with E-state index in [2.05, 4.69) is 34.5 Å². The van der Waals surface area contributed by atoms with Crippen LogP contribution in [0.15, 0.2) is 71.5 Å². The molecule has 0 radical (unpaired) electrons. The van der Waals surface area contributed by atoms with Crippen molar-refractivity contribution in [2.45, 2.75) is 52.2 Å². The maximum Gasteiger partial charge on any atom is 0.262 e. The second-order valence-corrected chi connectivity index (χ2v) is 10.5. The van der Waals surface area contributed by atoms with E-state index >= 15 is 0 Å². The third-order valence-electron chi connectivity index (χ3n) is 7.15. The fourth-order valence-electron chi connectivity index (χ4n) is 5.27. The molecule has 1 amide bonds. The van der Waals surface area contributed by atoms with Gasteiger partial charge in [-0.05, 0) is 86.8 Å². The lowest BCUT2D eigenvalue weighted by atomic mass is 10.0. The maximum absolute atomic E-state index is 13.9. The van der Waals surface area contributed by atoms with Crippen LogP contribution < -0.4 is 15.6 Å². The molecule has 1 aromatic heterocycles. The zero-order chi connectivity index (χ0) is 27.4. The first-order valence-electron chi connectivity index (χ1n) is 13.7. The fourth-order valence-corrected chi connectivity index (χ4v) is 5.27. The van der Waals surface area contributed by atoms with Gasteiger partial charge in [-0.25, -0.2) is 4.98 Å². The lowest BCUT2D eigenvalue weighted by molar-refractivity contribution is -0.122. The Balaban J connectivity index is 1.56. The number of benzene rings is 3. The van der Waals surface area contributed by atoms with Crippen molar-refractivity contribution in [2.75, 3.05) is 20.2 Å². The van der Waals surface area contributed by atoms with Gasteiger partial charge in [0.15, 0.2) is 0 Å². The van der Waals surface area contributed by atoms with Crippen LogP contribution in [-0.2, 0) is 17.9 Å². The van der Waals surface area contributed by atoms with E-state index in [1.54, 1.807) is 7.11 Å². The molecule has 1 fully saturated rings. The minimum Gasteiger partial charge on any atom is -0.497 e. The molecule has 1 N–H and O–H groups in total. The molecule has 0 spiro atoms. The number of aromatic nitrogens is 2. The van der Waals surface area contributed by atoms with Crippen molar-refractivity contribution in [3.8, 4) is 28.3 Å². The highest BCUT2D eigenvalue weighted by Crippen LogP contribution is 2.27. The molecule has 1 aliphatic heterocycles. The number of nitrogens with one attached hydrogen (secondary N) is 1. The molecule has 0 atom stereocenters. The van der Waals surface area contributed by atoms with Gasteiger partial charge in [0.25, 0.3) is 5.56 Å². The molecule has 1 saturated heterocycles. The molecule has 0 bridgehead atoms. The van der Waals surface area contributed by atoms with Gasteiger partial charge < -0.3 is 10.1 Å². The summed E-state index contributed by atoms with van der Waals surface area (Å²) < 4.78 is 6.86. The van der Waals surface area contributed by atoms with Gasteiger partial charge in [-0.15, -0.1) is 0 Å². The molecule has 7 nitrogen and oxygen atoms in total. The van der Waals surface area contributed by atoms with E-state index in [1.165, 1.54) is 29.4 Å². The first-order valence-corrected chi connectivity index (χ1v) is 13.7. The van der Waals surface area contributed by atoms with Crippen LogP contribution in [0, 0.1) is 0 Å². The number of amides is 1. The number of fused-ring (bicyclic) bond motifs is 1. The van der Waals surface area contributed by atoms with Gasteiger partial charge in [-0.3, -0.25) is 19.1 Å². The second-order valence-electron chi connectivity index (χ2n) is 10.5. The molecule has 202 valence electrons. The van der Waals surface area contributed by atoms with Crippen molar-refractivity contribution in [3.63, 3.8) is 0 Å². The maximum atomic E-state index is 13.9. The second kappa shape index (κ2) is 11.8. The number of likely N-dealkylation sites (tertiary alicyclic amines) is 1. The minimum absolute atomic E-state index is 0.0364. The highest BCUT2D eigenvalue weighted by molar-refractivity contribution is 5.86. The highest BCUT2D eigenvalue weighted by Gasteiger charge is 2.18. The van der Waals surface area contributed by atoms with Crippen molar-refractivity contribution in [2.24, 2.45) is 0 Å². The summed E-state index contributed by atoms with van der Waals surface area (Å²) in [4.78, 5) is 34.1. The van der Waals surface area contributed by atoms with E-state index in [9.17, 15) is 9.59 Å². The van der Waals surface area contributed by atoms with Crippen molar-refractivity contribution in [3.05, 3.63) is 82.6 Å². The number of ether oxygens (including phenoxy) is 1. The van der Waals surface area contributed by atoms with Crippen LogP contribution in [0.2, 0.25) is 0 Å². The van der Waals surface area contributed by atoms with Crippen molar-refractivity contribution in [1.29, 1.82) is 0 Å². The zero-order valence-corrected chi connectivity index (χ0v) is 22.9. The van der Waals surface area contributed by atoms with E-state index in [4.69, 9.17) is 9.72 Å². The van der Waals surface area contributed by atoms with Crippen LogP contribution in [0.25, 0.3) is 33.4 Å². The van der Waals surface area contributed by atoms with Crippen LogP contribution in [0.3, 0.4) is 0 Å². The molecule has 5 rings (SSSR count). The molecule has 0 aliphatic carbocycles. The smallest absolute Gasteiger partial charge is 0.262 e. The summed E-state index contributed by atoms with van der Waals surface area (Å²) in [5.74, 6) is 0.848. The Morgan fingerprint density at radius 3 is 2.46 bits per heavy atom. The fraction of sp³-hybridized carbons (Fsp3) is 0.344. The average molecular weight is 525 g/mol. The molecule has 4 aromatic rings. The zero-order valence-electron chi connectivity index (χ0n) is 22.9. The van der Waals surface area contributed by atoms with Gasteiger partial charge in [0.2, 0.25) is 5.91 Å². The van der Waals surface area contributed by atoms with Crippen LogP contribution in [-0.4, -0.2) is 46.6 Å². The van der Waals surface area contributed by atoms with Crippen LogP contribution in [0.4, 0.5) is 0 Å². The predicted molar refractivity (Wildman–Crippen MR) is 156 cm³/mol. The quantitative estimate of drug-likeness (QED) is 0.341. The Kier molecular flexibility index (Phi) is 8.07. The number of rotatable bonds is 8. The Morgan fingerprint density at radius 2 is 1.69 bits per heavy atom. The molecule has 1 aliphatic rings. The number of hydrogen-bond acceptors (Lipinski definition) is 5. The van der Waals surface area contributed by atoms with Crippen molar-refractivity contribution in [1.82, 2.24) is 19.8 Å². The molecule has 3 aromatic carbocycles. The number of carbonyl (C=O) groups is 1. The standard InChI is InChI=1S/C32H36N4O3/c1-22(2)33-30(37)21-36-31(26-11-8-12-27(18-26)39-3)34-29-14-13-25(19-28(29)32(36)38)24-10-7-9-23(17-24)20-35-15-5-4-6-16-35/h7-14,17-19,22H,4-6,15-16,20-21H2,1-3H3,(H,33,37). The van der Waals surface area contributed by atoms with E-state index in [0.29, 0.717) is 28.0 Å². The summed E-state index contributed by atoms with van der Waals surface area (Å²) in [6.07, 6.45) is 3.84. The summed E-state index contributed by atoms with van der Waals surface area (Å²) in [7, 11) is 1.60. The molecular formula is C32H36N4O3. The molecule has 0 unspecified atom stereocenters. The van der Waals surface area contributed by atoms with Gasteiger partial charge >= 0.3 is 0 Å². The molecule has 2 heterocycles. The SMILES string of the molecule is COc1cccc(-c2nc3ccc(-c4cccc(CN5CCCCC5)c4)cc3c(=O)n2CC(=O)NC(C)C)c1. The van der Waals surface area contributed by atoms with E-state index in [0.717, 1.165) is 30.8 Å². The van der Waals surface area contributed by atoms with Crippen LogP contribution in [0.5, 0.6) is 5.75 Å². The predicted octanol–water partition coefficient (Wildman–Crippen LogP) is 5.25. The Bertz CT molecular complexity index is 1540. The Labute approximate surface area is 229 Å². The third-order valence-corrected chi connectivity index (χ3v) is 7.15. The van der Waals surface area contributed by atoms with Crippen molar-refractivity contribution < 1.29 is 9.53 Å². The summed E-state index contributed by atoms with van der Waals surface area (Å²) in [5.41, 5.74) is 4.33.